The lowest BCUT2D eigenvalue weighted by Gasteiger charge is -2.10. The number of hydrogen-bond acceptors (Lipinski definition) is 4. The van der Waals surface area contributed by atoms with Gasteiger partial charge in [-0.15, -0.1) is 0 Å². The van der Waals surface area contributed by atoms with E-state index in [2.05, 4.69) is 10.4 Å². The number of carbonyl (C=O) groups is 1. The summed E-state index contributed by atoms with van der Waals surface area (Å²) in [6, 6.07) is 18.0. The molecule has 1 amide bonds. The van der Waals surface area contributed by atoms with Crippen LogP contribution in [0.3, 0.4) is 0 Å². The van der Waals surface area contributed by atoms with Crippen LogP contribution < -0.4 is 15.6 Å². The summed E-state index contributed by atoms with van der Waals surface area (Å²) in [5, 5.41) is 7.53. The first-order chi connectivity index (χ1) is 13.5. The van der Waals surface area contributed by atoms with Gasteiger partial charge in [0.1, 0.15) is 5.75 Å². The molecule has 0 saturated heterocycles. The number of benzene rings is 2. The van der Waals surface area contributed by atoms with Crippen LogP contribution in [-0.2, 0) is 11.3 Å². The number of para-hydroxylation sites is 1. The second-order valence-electron chi connectivity index (χ2n) is 6.22. The van der Waals surface area contributed by atoms with Crippen LogP contribution in [0.25, 0.3) is 11.3 Å². The fourth-order valence-corrected chi connectivity index (χ4v) is 2.74. The van der Waals surface area contributed by atoms with Crippen molar-refractivity contribution in [3.63, 3.8) is 0 Å². The zero-order valence-corrected chi connectivity index (χ0v) is 16.1. The summed E-state index contributed by atoms with van der Waals surface area (Å²) >= 11 is 5.98. The quantitative estimate of drug-likeness (QED) is 0.665. The van der Waals surface area contributed by atoms with E-state index in [1.54, 1.807) is 30.3 Å². The first-order valence-corrected chi connectivity index (χ1v) is 9.20. The summed E-state index contributed by atoms with van der Waals surface area (Å²) in [6.07, 6.45) is 0. The summed E-state index contributed by atoms with van der Waals surface area (Å²) in [6.45, 7) is 2.37. The lowest BCUT2D eigenvalue weighted by atomic mass is 10.1. The fourth-order valence-electron chi connectivity index (χ4n) is 2.54. The van der Waals surface area contributed by atoms with E-state index in [1.807, 2.05) is 31.2 Å². The number of carbonyl (C=O) groups excluding carboxylic acids is 1. The molecule has 0 saturated carbocycles. The average Bonchev–Trinajstić information content (AvgIpc) is 2.69. The lowest BCUT2D eigenvalue weighted by Crippen LogP contribution is -2.34. The molecule has 2 aromatic carbocycles. The third kappa shape index (κ3) is 5.20. The smallest absolute Gasteiger partial charge is 0.266 e. The highest BCUT2D eigenvalue weighted by molar-refractivity contribution is 6.32. The van der Waals surface area contributed by atoms with Gasteiger partial charge in [-0.2, -0.15) is 5.10 Å². The van der Waals surface area contributed by atoms with E-state index in [4.69, 9.17) is 16.3 Å². The third-order valence-corrected chi connectivity index (χ3v) is 4.37. The van der Waals surface area contributed by atoms with Gasteiger partial charge < -0.3 is 10.1 Å². The largest absolute Gasteiger partial charge is 0.482 e. The minimum Gasteiger partial charge on any atom is -0.482 e. The van der Waals surface area contributed by atoms with Gasteiger partial charge >= 0.3 is 0 Å². The standard InChI is InChI=1S/C21H20ClN3O3/c1-15-6-8-16(9-7-15)18-10-11-21(27)25(24-18)13-12-23-20(26)14-28-19-5-3-2-4-17(19)22/h2-11H,12-14H2,1H3,(H,23,26). The Morgan fingerprint density at radius 1 is 1.11 bits per heavy atom. The van der Waals surface area contributed by atoms with Gasteiger partial charge in [-0.05, 0) is 25.1 Å². The van der Waals surface area contributed by atoms with E-state index in [0.29, 0.717) is 16.5 Å². The molecule has 7 heteroatoms. The molecule has 3 rings (SSSR count). The zero-order chi connectivity index (χ0) is 19.9. The van der Waals surface area contributed by atoms with E-state index >= 15 is 0 Å². The third-order valence-electron chi connectivity index (χ3n) is 4.06. The van der Waals surface area contributed by atoms with E-state index < -0.39 is 0 Å². The Bertz CT molecular complexity index is 1020. The Morgan fingerprint density at radius 3 is 2.61 bits per heavy atom. The van der Waals surface area contributed by atoms with Gasteiger partial charge in [-0.1, -0.05) is 53.6 Å². The minimum absolute atomic E-state index is 0.157. The van der Waals surface area contributed by atoms with Crippen molar-refractivity contribution in [1.29, 1.82) is 0 Å². The maximum absolute atomic E-state index is 12.0. The molecule has 0 bridgehead atoms. The number of nitrogens with one attached hydrogen (secondary N) is 1. The first kappa shape index (κ1) is 19.6. The van der Waals surface area contributed by atoms with Crippen LogP contribution in [0.4, 0.5) is 0 Å². The maximum atomic E-state index is 12.0. The second kappa shape index (κ2) is 9.19. The summed E-state index contributed by atoms with van der Waals surface area (Å²) in [5.74, 6) is 0.144. The molecule has 28 heavy (non-hydrogen) atoms. The molecule has 0 aliphatic heterocycles. The van der Waals surface area contributed by atoms with Crippen molar-refractivity contribution >= 4 is 17.5 Å². The minimum atomic E-state index is -0.303. The number of ether oxygens (including phenoxy) is 1. The highest BCUT2D eigenvalue weighted by Gasteiger charge is 2.07. The summed E-state index contributed by atoms with van der Waals surface area (Å²) in [7, 11) is 0. The zero-order valence-electron chi connectivity index (χ0n) is 15.4. The van der Waals surface area contributed by atoms with Crippen molar-refractivity contribution < 1.29 is 9.53 Å². The number of amides is 1. The van der Waals surface area contributed by atoms with Crippen LogP contribution in [0.15, 0.2) is 65.5 Å². The predicted molar refractivity (Wildman–Crippen MR) is 109 cm³/mol. The molecule has 144 valence electrons. The van der Waals surface area contributed by atoms with Crippen LogP contribution >= 0.6 is 11.6 Å². The van der Waals surface area contributed by atoms with Crippen LogP contribution in [0, 0.1) is 6.92 Å². The van der Waals surface area contributed by atoms with Gasteiger partial charge in [0.05, 0.1) is 17.3 Å². The van der Waals surface area contributed by atoms with Crippen molar-refractivity contribution in [1.82, 2.24) is 15.1 Å². The molecule has 0 radical (unpaired) electrons. The van der Waals surface area contributed by atoms with Gasteiger partial charge in [0.2, 0.25) is 0 Å². The summed E-state index contributed by atoms with van der Waals surface area (Å²) in [5.41, 5.74) is 2.56. The fraction of sp³-hybridized carbons (Fsp3) is 0.190. The Kier molecular flexibility index (Phi) is 6.45. The van der Waals surface area contributed by atoms with Crippen molar-refractivity contribution in [3.8, 4) is 17.0 Å². The van der Waals surface area contributed by atoms with Gasteiger partial charge in [0.15, 0.2) is 6.61 Å². The maximum Gasteiger partial charge on any atom is 0.266 e. The van der Waals surface area contributed by atoms with Crippen LogP contribution in [0.5, 0.6) is 5.75 Å². The van der Waals surface area contributed by atoms with Crippen molar-refractivity contribution in [2.45, 2.75) is 13.5 Å². The van der Waals surface area contributed by atoms with Crippen molar-refractivity contribution in [2.24, 2.45) is 0 Å². The molecule has 3 aromatic rings. The van der Waals surface area contributed by atoms with Gasteiger partial charge in [0.25, 0.3) is 11.5 Å². The Balaban J connectivity index is 1.55. The first-order valence-electron chi connectivity index (χ1n) is 8.82. The van der Waals surface area contributed by atoms with E-state index in [-0.39, 0.29) is 31.2 Å². The second-order valence-corrected chi connectivity index (χ2v) is 6.62. The number of rotatable bonds is 7. The summed E-state index contributed by atoms with van der Waals surface area (Å²) < 4.78 is 6.72. The molecule has 0 fully saturated rings. The highest BCUT2D eigenvalue weighted by atomic mass is 35.5. The molecule has 0 aliphatic carbocycles. The Labute approximate surface area is 167 Å². The van der Waals surface area contributed by atoms with E-state index in [1.165, 1.54) is 10.7 Å². The molecule has 0 unspecified atom stereocenters. The molecular formula is C21H20ClN3O3. The highest BCUT2D eigenvalue weighted by Crippen LogP contribution is 2.22. The van der Waals surface area contributed by atoms with E-state index in [0.717, 1.165) is 11.1 Å². The SMILES string of the molecule is Cc1ccc(-c2ccc(=O)n(CCNC(=O)COc3ccccc3Cl)n2)cc1. The molecule has 1 N–H and O–H groups in total. The Hall–Kier alpha value is -3.12. The summed E-state index contributed by atoms with van der Waals surface area (Å²) in [4.78, 5) is 24.0. The van der Waals surface area contributed by atoms with Gasteiger partial charge in [0, 0.05) is 18.2 Å². The number of halogens is 1. The molecule has 0 atom stereocenters. The normalized spacial score (nSPS) is 10.5. The molecule has 1 heterocycles. The lowest BCUT2D eigenvalue weighted by molar-refractivity contribution is -0.123. The van der Waals surface area contributed by atoms with Crippen molar-refractivity contribution in [3.05, 3.63) is 81.6 Å². The predicted octanol–water partition coefficient (Wildman–Crippen LogP) is 3.07. The van der Waals surface area contributed by atoms with Crippen molar-refractivity contribution in [2.75, 3.05) is 13.2 Å². The molecule has 1 aromatic heterocycles. The van der Waals surface area contributed by atoms with Crippen LogP contribution in [-0.4, -0.2) is 28.8 Å². The van der Waals surface area contributed by atoms with Crippen LogP contribution in [0.2, 0.25) is 5.02 Å². The molecule has 0 spiro atoms. The number of nitrogens with zero attached hydrogens (tertiary/aromatic N) is 2. The monoisotopic (exact) mass is 397 g/mol. The van der Waals surface area contributed by atoms with Crippen LogP contribution in [0.1, 0.15) is 5.56 Å². The van der Waals surface area contributed by atoms with Gasteiger partial charge in [-0.25, -0.2) is 4.68 Å². The average molecular weight is 398 g/mol. The number of aromatic nitrogens is 2. The number of aryl methyl sites for hydroxylation is 1. The molecule has 0 aliphatic rings. The Morgan fingerprint density at radius 2 is 1.86 bits per heavy atom. The molecular weight excluding hydrogens is 378 g/mol. The number of hydrogen-bond donors (Lipinski definition) is 1. The molecule has 6 nitrogen and oxygen atoms in total. The van der Waals surface area contributed by atoms with Gasteiger partial charge in [-0.3, -0.25) is 9.59 Å². The van der Waals surface area contributed by atoms with E-state index in [9.17, 15) is 9.59 Å². The topological polar surface area (TPSA) is 73.2 Å².